The molecule has 32 heavy (non-hydrogen) atoms. The summed E-state index contributed by atoms with van der Waals surface area (Å²) in [6, 6.07) is 20.2. The van der Waals surface area contributed by atoms with Crippen LogP contribution in [0.1, 0.15) is 47.7 Å². The highest BCUT2D eigenvalue weighted by Gasteiger charge is 2.23. The molecule has 3 rings (SSSR count). The van der Waals surface area contributed by atoms with Crippen LogP contribution in [-0.4, -0.2) is 33.8 Å². The zero-order valence-corrected chi connectivity index (χ0v) is 19.7. The molecule has 2 amide bonds. The maximum Gasteiger partial charge on any atom is 0.341 e. The van der Waals surface area contributed by atoms with Crippen LogP contribution < -0.4 is 10.6 Å². The molecular weight excluding hydrogens is 442 g/mol. The van der Waals surface area contributed by atoms with Gasteiger partial charge in [-0.1, -0.05) is 74.5 Å². The van der Waals surface area contributed by atoms with Crippen molar-refractivity contribution in [3.63, 3.8) is 0 Å². The van der Waals surface area contributed by atoms with Crippen LogP contribution >= 0.6 is 23.3 Å². The van der Waals surface area contributed by atoms with Gasteiger partial charge < -0.3 is 10.4 Å². The fourth-order valence-corrected chi connectivity index (χ4v) is 5.21. The standard InChI is InChI=1S/C24H27N3O3S2/c1-16(2)15-25-24(30)26-21-20(23(28)29)22(27-32-21)31-14-13-19(17-9-5-3-6-10-17)18-11-7-4-8-12-18/h3-12,16,19H,13-15H2,1-2H3,(H,28,29)(H2,25,26,30). The van der Waals surface area contributed by atoms with Crippen molar-refractivity contribution in [2.24, 2.45) is 5.92 Å². The van der Waals surface area contributed by atoms with Gasteiger partial charge in [0, 0.05) is 18.2 Å². The minimum Gasteiger partial charge on any atom is -0.477 e. The first-order valence-electron chi connectivity index (χ1n) is 10.5. The van der Waals surface area contributed by atoms with Gasteiger partial charge in [-0.2, -0.15) is 4.37 Å². The largest absolute Gasteiger partial charge is 0.477 e. The topological polar surface area (TPSA) is 91.3 Å². The third-order valence-electron chi connectivity index (χ3n) is 4.82. The van der Waals surface area contributed by atoms with E-state index in [0.717, 1.165) is 18.0 Å². The van der Waals surface area contributed by atoms with Gasteiger partial charge in [0.2, 0.25) is 0 Å². The fraction of sp³-hybridized carbons (Fsp3) is 0.292. The average Bonchev–Trinajstić information content (AvgIpc) is 3.19. The Kier molecular flexibility index (Phi) is 8.70. The lowest BCUT2D eigenvalue weighted by atomic mass is 9.89. The second-order valence-electron chi connectivity index (χ2n) is 7.74. The van der Waals surface area contributed by atoms with Crippen molar-refractivity contribution < 1.29 is 14.7 Å². The Morgan fingerprint density at radius 3 is 2.16 bits per heavy atom. The van der Waals surface area contributed by atoms with Gasteiger partial charge in [0.15, 0.2) is 0 Å². The van der Waals surface area contributed by atoms with Crippen LogP contribution in [0.15, 0.2) is 65.7 Å². The summed E-state index contributed by atoms with van der Waals surface area (Å²) in [4.78, 5) is 23.9. The highest BCUT2D eigenvalue weighted by molar-refractivity contribution is 7.99. The summed E-state index contributed by atoms with van der Waals surface area (Å²) in [7, 11) is 0. The monoisotopic (exact) mass is 469 g/mol. The summed E-state index contributed by atoms with van der Waals surface area (Å²) in [6.07, 6.45) is 0.826. The number of carbonyl (C=O) groups is 2. The number of hydrogen-bond acceptors (Lipinski definition) is 5. The molecule has 2 aromatic carbocycles. The molecule has 0 saturated carbocycles. The maximum absolute atomic E-state index is 12.1. The predicted octanol–water partition coefficient (Wildman–Crippen LogP) is 5.93. The molecule has 0 unspecified atom stereocenters. The molecule has 6 nitrogen and oxygen atoms in total. The molecule has 0 atom stereocenters. The molecule has 0 spiro atoms. The summed E-state index contributed by atoms with van der Waals surface area (Å²) in [5, 5.41) is 15.8. The molecule has 3 aromatic rings. The Morgan fingerprint density at radius 1 is 1.03 bits per heavy atom. The third kappa shape index (κ3) is 6.58. The highest BCUT2D eigenvalue weighted by atomic mass is 32.2. The Hall–Kier alpha value is -2.84. The summed E-state index contributed by atoms with van der Waals surface area (Å²) in [5.74, 6) is 0.103. The lowest BCUT2D eigenvalue weighted by molar-refractivity contribution is 0.0694. The highest BCUT2D eigenvalue weighted by Crippen LogP contribution is 2.35. The number of aromatic nitrogens is 1. The molecular formula is C24H27N3O3S2. The first kappa shape index (κ1) is 23.8. The van der Waals surface area contributed by atoms with Crippen molar-refractivity contribution in [2.75, 3.05) is 17.6 Å². The Bertz CT molecular complexity index is 984. The molecule has 0 radical (unpaired) electrons. The molecule has 1 heterocycles. The third-order valence-corrected chi connectivity index (χ3v) is 6.71. The smallest absolute Gasteiger partial charge is 0.341 e. The number of carboxylic acid groups (broad SMARTS) is 1. The van der Waals surface area contributed by atoms with E-state index in [4.69, 9.17) is 0 Å². The number of nitrogens with one attached hydrogen (secondary N) is 2. The Balaban J connectivity index is 1.69. The second-order valence-corrected chi connectivity index (χ2v) is 9.59. The van der Waals surface area contributed by atoms with Gasteiger partial charge in [-0.05, 0) is 35.0 Å². The number of aromatic carboxylic acids is 1. The molecule has 0 fully saturated rings. The average molecular weight is 470 g/mol. The molecule has 0 aliphatic heterocycles. The van der Waals surface area contributed by atoms with E-state index in [1.54, 1.807) is 0 Å². The van der Waals surface area contributed by atoms with Gasteiger partial charge >= 0.3 is 12.0 Å². The van der Waals surface area contributed by atoms with E-state index >= 15 is 0 Å². The quantitative estimate of drug-likeness (QED) is 0.320. The SMILES string of the molecule is CC(C)CNC(=O)Nc1snc(SCCC(c2ccccc2)c2ccccc2)c1C(=O)O. The molecule has 1 aromatic heterocycles. The van der Waals surface area contributed by atoms with E-state index in [9.17, 15) is 14.7 Å². The number of rotatable bonds is 10. The van der Waals surface area contributed by atoms with Gasteiger partial charge in [-0.25, -0.2) is 9.59 Å². The van der Waals surface area contributed by atoms with E-state index in [1.807, 2.05) is 50.2 Å². The van der Waals surface area contributed by atoms with Crippen molar-refractivity contribution in [2.45, 2.75) is 31.2 Å². The number of thioether (sulfide) groups is 1. The van der Waals surface area contributed by atoms with Crippen molar-refractivity contribution >= 4 is 40.3 Å². The first-order chi connectivity index (χ1) is 15.5. The molecule has 0 aliphatic rings. The molecule has 0 bridgehead atoms. The summed E-state index contributed by atoms with van der Waals surface area (Å²) < 4.78 is 4.31. The van der Waals surface area contributed by atoms with Crippen LogP contribution in [0.5, 0.6) is 0 Å². The zero-order chi connectivity index (χ0) is 22.9. The Morgan fingerprint density at radius 2 is 1.62 bits per heavy atom. The first-order valence-corrected chi connectivity index (χ1v) is 12.2. The van der Waals surface area contributed by atoms with E-state index < -0.39 is 12.0 Å². The predicted molar refractivity (Wildman–Crippen MR) is 131 cm³/mol. The number of nitrogens with zero attached hydrogens (tertiary/aromatic N) is 1. The molecule has 168 valence electrons. The number of urea groups is 1. The van der Waals surface area contributed by atoms with Crippen LogP contribution in [0.3, 0.4) is 0 Å². The number of carbonyl (C=O) groups excluding carboxylic acids is 1. The number of benzene rings is 2. The van der Waals surface area contributed by atoms with E-state index in [-0.39, 0.29) is 16.5 Å². The van der Waals surface area contributed by atoms with Crippen LogP contribution in [0.25, 0.3) is 0 Å². The minimum absolute atomic E-state index is 0.0515. The number of amides is 2. The number of hydrogen-bond donors (Lipinski definition) is 3. The normalized spacial score (nSPS) is 11.0. The van der Waals surface area contributed by atoms with Crippen LogP contribution in [0, 0.1) is 5.92 Å². The van der Waals surface area contributed by atoms with Crippen LogP contribution in [-0.2, 0) is 0 Å². The lowest BCUT2D eigenvalue weighted by Gasteiger charge is -2.17. The van der Waals surface area contributed by atoms with Gasteiger partial charge in [-0.15, -0.1) is 11.8 Å². The van der Waals surface area contributed by atoms with Gasteiger partial charge in [0.1, 0.15) is 15.6 Å². The van der Waals surface area contributed by atoms with Gasteiger partial charge in [0.05, 0.1) is 0 Å². The van der Waals surface area contributed by atoms with Crippen LogP contribution in [0.2, 0.25) is 0 Å². The van der Waals surface area contributed by atoms with Crippen molar-refractivity contribution in [1.29, 1.82) is 0 Å². The van der Waals surface area contributed by atoms with E-state index in [2.05, 4.69) is 39.3 Å². The summed E-state index contributed by atoms with van der Waals surface area (Å²) >= 11 is 2.40. The van der Waals surface area contributed by atoms with Crippen molar-refractivity contribution in [3.8, 4) is 0 Å². The molecule has 8 heteroatoms. The van der Waals surface area contributed by atoms with Crippen molar-refractivity contribution in [3.05, 3.63) is 77.4 Å². The fourth-order valence-electron chi connectivity index (χ4n) is 3.26. The van der Waals surface area contributed by atoms with Gasteiger partial charge in [0.25, 0.3) is 0 Å². The van der Waals surface area contributed by atoms with Crippen LogP contribution in [0.4, 0.5) is 9.80 Å². The molecule has 0 aliphatic carbocycles. The minimum atomic E-state index is -1.09. The maximum atomic E-state index is 12.1. The van der Waals surface area contributed by atoms with Crippen molar-refractivity contribution in [1.82, 2.24) is 9.69 Å². The second kappa shape index (κ2) is 11.7. The van der Waals surface area contributed by atoms with E-state index in [0.29, 0.717) is 23.2 Å². The summed E-state index contributed by atoms with van der Waals surface area (Å²) in [6.45, 7) is 4.49. The Labute approximate surface area is 196 Å². The number of anilines is 1. The molecule has 0 saturated heterocycles. The lowest BCUT2D eigenvalue weighted by Crippen LogP contribution is -2.31. The van der Waals surface area contributed by atoms with E-state index in [1.165, 1.54) is 22.9 Å². The zero-order valence-electron chi connectivity index (χ0n) is 18.1. The summed E-state index contributed by atoms with van der Waals surface area (Å²) in [5.41, 5.74) is 2.50. The van der Waals surface area contributed by atoms with Gasteiger partial charge in [-0.3, -0.25) is 5.32 Å². The molecule has 3 N–H and O–H groups in total. The number of carboxylic acids is 1.